The molecule has 2 rings (SSSR count). The van der Waals surface area contributed by atoms with E-state index < -0.39 is 10.0 Å². The van der Waals surface area contributed by atoms with Crippen molar-refractivity contribution < 1.29 is 17.6 Å². The van der Waals surface area contributed by atoms with Crippen LogP contribution >= 0.6 is 0 Å². The zero-order valence-corrected chi connectivity index (χ0v) is 15.3. The van der Waals surface area contributed by atoms with E-state index in [1.54, 1.807) is 39.0 Å². The molecule has 0 saturated carbocycles. The summed E-state index contributed by atoms with van der Waals surface area (Å²) in [5, 5.41) is 2.81. The first-order valence-corrected chi connectivity index (χ1v) is 8.96. The van der Waals surface area contributed by atoms with E-state index in [2.05, 4.69) is 5.32 Å². The number of nitrogens with zero attached hydrogens (tertiary/aromatic N) is 1. The molecule has 24 heavy (non-hydrogen) atoms. The first-order valence-electron chi connectivity index (χ1n) is 7.52. The molecule has 0 aliphatic rings. The van der Waals surface area contributed by atoms with Gasteiger partial charge in [0.25, 0.3) is 5.91 Å². The first-order chi connectivity index (χ1) is 11.1. The Labute approximate surface area is 142 Å². The summed E-state index contributed by atoms with van der Waals surface area (Å²) in [4.78, 5) is 12.6. The van der Waals surface area contributed by atoms with Gasteiger partial charge in [-0.05, 0) is 56.2 Å². The van der Waals surface area contributed by atoms with Crippen molar-refractivity contribution in [1.82, 2.24) is 9.62 Å². The number of aryl methyl sites for hydroxylation is 1. The number of sulfonamides is 1. The Kier molecular flexibility index (Phi) is 5.15. The largest absolute Gasteiger partial charge is 0.467 e. The molecule has 0 unspecified atom stereocenters. The van der Waals surface area contributed by atoms with E-state index in [1.807, 2.05) is 0 Å². The average Bonchev–Trinajstić information content (AvgIpc) is 3.03. The number of benzene rings is 1. The Balaban J connectivity index is 2.38. The van der Waals surface area contributed by atoms with Gasteiger partial charge in [0.15, 0.2) is 0 Å². The topological polar surface area (TPSA) is 79.6 Å². The molecule has 0 saturated heterocycles. The van der Waals surface area contributed by atoms with Crippen LogP contribution in [0.15, 0.2) is 39.8 Å². The van der Waals surface area contributed by atoms with Gasteiger partial charge in [0.1, 0.15) is 5.76 Å². The highest BCUT2D eigenvalue weighted by Gasteiger charge is 2.23. The quantitative estimate of drug-likeness (QED) is 0.899. The maximum Gasteiger partial charge on any atom is 0.251 e. The van der Waals surface area contributed by atoms with Gasteiger partial charge in [-0.15, -0.1) is 0 Å². The molecule has 1 atom stereocenters. The summed E-state index contributed by atoms with van der Waals surface area (Å²) in [5.74, 6) is 0.283. The summed E-state index contributed by atoms with van der Waals surface area (Å²) in [7, 11) is -0.687. The summed E-state index contributed by atoms with van der Waals surface area (Å²) in [6.07, 6.45) is 1.54. The molecule has 0 aliphatic heterocycles. The highest BCUT2D eigenvalue weighted by Crippen LogP contribution is 2.24. The van der Waals surface area contributed by atoms with E-state index in [4.69, 9.17) is 4.42 Å². The Morgan fingerprint density at radius 2 is 1.92 bits per heavy atom. The van der Waals surface area contributed by atoms with Gasteiger partial charge in [-0.25, -0.2) is 12.7 Å². The summed E-state index contributed by atoms with van der Waals surface area (Å²) < 4.78 is 31.3. The number of carbonyl (C=O) groups excluding carboxylic acids is 1. The predicted octanol–water partition coefficient (Wildman–Crippen LogP) is 2.64. The Bertz CT molecular complexity index is 840. The molecule has 130 valence electrons. The highest BCUT2D eigenvalue weighted by molar-refractivity contribution is 7.89. The maximum absolute atomic E-state index is 12.5. The number of hydrogen-bond donors (Lipinski definition) is 1. The van der Waals surface area contributed by atoms with Gasteiger partial charge in [0.2, 0.25) is 10.0 Å². The van der Waals surface area contributed by atoms with Crippen LogP contribution in [0.2, 0.25) is 0 Å². The van der Waals surface area contributed by atoms with Gasteiger partial charge < -0.3 is 9.73 Å². The molecule has 1 aromatic heterocycles. The van der Waals surface area contributed by atoms with E-state index in [0.29, 0.717) is 16.9 Å². The SMILES string of the molecule is Cc1cc(C(=O)N[C@@H](C)c2ccco2)cc(S(=O)(=O)N(C)C)c1C. The first kappa shape index (κ1) is 18.2. The maximum atomic E-state index is 12.5. The van der Waals surface area contributed by atoms with Gasteiger partial charge >= 0.3 is 0 Å². The minimum Gasteiger partial charge on any atom is -0.467 e. The molecular weight excluding hydrogens is 328 g/mol. The normalized spacial score (nSPS) is 13.1. The van der Waals surface area contributed by atoms with Gasteiger partial charge in [0, 0.05) is 19.7 Å². The van der Waals surface area contributed by atoms with Crippen molar-refractivity contribution in [3.8, 4) is 0 Å². The van der Waals surface area contributed by atoms with Crippen molar-refractivity contribution in [3.05, 3.63) is 53.0 Å². The molecule has 1 heterocycles. The fourth-order valence-electron chi connectivity index (χ4n) is 2.31. The molecule has 7 heteroatoms. The van der Waals surface area contributed by atoms with E-state index in [9.17, 15) is 13.2 Å². The molecule has 0 fully saturated rings. The standard InChI is InChI=1S/C17H22N2O4S/c1-11-9-14(10-16(12(11)2)24(21,22)19(4)5)17(20)18-13(3)15-7-6-8-23-15/h6-10,13H,1-5H3,(H,18,20)/t13-/m0/s1. The lowest BCUT2D eigenvalue weighted by atomic mass is 10.1. The third kappa shape index (κ3) is 3.52. The summed E-state index contributed by atoms with van der Waals surface area (Å²) in [6.45, 7) is 5.32. The zero-order valence-electron chi connectivity index (χ0n) is 14.5. The van der Waals surface area contributed by atoms with Crippen LogP contribution in [0, 0.1) is 13.8 Å². The third-order valence-electron chi connectivity index (χ3n) is 3.96. The van der Waals surface area contributed by atoms with E-state index in [0.717, 1.165) is 9.87 Å². The Hall–Kier alpha value is -2.12. The van der Waals surface area contributed by atoms with Crippen molar-refractivity contribution in [2.45, 2.75) is 31.7 Å². The monoisotopic (exact) mass is 350 g/mol. The number of hydrogen-bond acceptors (Lipinski definition) is 4. The van der Waals surface area contributed by atoms with E-state index >= 15 is 0 Å². The van der Waals surface area contributed by atoms with Crippen LogP contribution in [0.4, 0.5) is 0 Å². The van der Waals surface area contributed by atoms with E-state index in [1.165, 1.54) is 26.4 Å². The van der Waals surface area contributed by atoms with Crippen LogP contribution in [0.25, 0.3) is 0 Å². The smallest absolute Gasteiger partial charge is 0.251 e. The molecular formula is C17H22N2O4S. The van der Waals surface area contributed by atoms with Gasteiger partial charge in [-0.3, -0.25) is 4.79 Å². The van der Waals surface area contributed by atoms with E-state index in [-0.39, 0.29) is 16.8 Å². The second-order valence-corrected chi connectivity index (χ2v) is 8.03. The Morgan fingerprint density at radius 1 is 1.25 bits per heavy atom. The molecule has 1 N–H and O–H groups in total. The number of rotatable bonds is 5. The highest BCUT2D eigenvalue weighted by atomic mass is 32.2. The van der Waals surface area contributed by atoms with Crippen LogP contribution in [-0.4, -0.2) is 32.7 Å². The van der Waals surface area contributed by atoms with Crippen LogP contribution in [0.5, 0.6) is 0 Å². The predicted molar refractivity (Wildman–Crippen MR) is 91.4 cm³/mol. The number of carbonyl (C=O) groups is 1. The third-order valence-corrected chi connectivity index (χ3v) is 5.90. The van der Waals surface area contributed by atoms with Crippen molar-refractivity contribution in [2.24, 2.45) is 0 Å². The average molecular weight is 350 g/mol. The number of nitrogens with one attached hydrogen (secondary N) is 1. The molecule has 0 bridgehead atoms. The zero-order chi connectivity index (χ0) is 18.1. The lowest BCUT2D eigenvalue weighted by Gasteiger charge is -2.17. The lowest BCUT2D eigenvalue weighted by Crippen LogP contribution is -2.28. The van der Waals surface area contributed by atoms with Gasteiger partial charge in [-0.1, -0.05) is 0 Å². The van der Waals surface area contributed by atoms with Crippen molar-refractivity contribution >= 4 is 15.9 Å². The summed E-state index contributed by atoms with van der Waals surface area (Å²) in [6, 6.07) is 6.31. The van der Waals surface area contributed by atoms with Crippen LogP contribution in [0.3, 0.4) is 0 Å². The van der Waals surface area contributed by atoms with Crippen LogP contribution in [-0.2, 0) is 10.0 Å². The summed E-state index contributed by atoms with van der Waals surface area (Å²) >= 11 is 0. The van der Waals surface area contributed by atoms with Crippen molar-refractivity contribution in [1.29, 1.82) is 0 Å². The minimum atomic E-state index is -3.62. The van der Waals surface area contributed by atoms with Gasteiger partial charge in [0.05, 0.1) is 17.2 Å². The lowest BCUT2D eigenvalue weighted by molar-refractivity contribution is 0.0935. The molecule has 0 spiro atoms. The molecule has 1 amide bonds. The van der Waals surface area contributed by atoms with Crippen molar-refractivity contribution in [2.75, 3.05) is 14.1 Å². The summed E-state index contributed by atoms with van der Waals surface area (Å²) in [5.41, 5.74) is 1.69. The fraction of sp³-hybridized carbons (Fsp3) is 0.353. The molecule has 6 nitrogen and oxygen atoms in total. The van der Waals surface area contributed by atoms with Crippen LogP contribution < -0.4 is 5.32 Å². The van der Waals surface area contributed by atoms with Crippen molar-refractivity contribution in [3.63, 3.8) is 0 Å². The number of amides is 1. The van der Waals surface area contributed by atoms with Crippen LogP contribution in [0.1, 0.15) is 40.2 Å². The minimum absolute atomic E-state index is 0.142. The second-order valence-electron chi connectivity index (χ2n) is 5.91. The molecule has 0 radical (unpaired) electrons. The van der Waals surface area contributed by atoms with Gasteiger partial charge in [-0.2, -0.15) is 0 Å². The number of furan rings is 1. The molecule has 2 aromatic rings. The Morgan fingerprint density at radius 3 is 2.46 bits per heavy atom. The second kappa shape index (κ2) is 6.78. The molecule has 1 aromatic carbocycles. The molecule has 0 aliphatic carbocycles. The fourth-order valence-corrected chi connectivity index (χ4v) is 3.53.